The van der Waals surface area contributed by atoms with Crippen LogP contribution >= 0.6 is 24.0 Å². The molecule has 0 aromatic heterocycles. The minimum atomic E-state index is -0.0130. The van der Waals surface area contributed by atoms with Crippen molar-refractivity contribution in [2.24, 2.45) is 16.6 Å². The predicted octanol–water partition coefficient (Wildman–Crippen LogP) is 2.43. The van der Waals surface area contributed by atoms with Gasteiger partial charge in [0, 0.05) is 18.1 Å². The largest absolute Gasteiger partial charge is 0.370 e. The number of hydrogen-bond donors (Lipinski definition) is 2. The number of rotatable bonds is 4. The summed E-state index contributed by atoms with van der Waals surface area (Å²) in [6, 6.07) is 0.577. The maximum atomic E-state index is 5.91. The molecule has 114 valence electrons. The Morgan fingerprint density at radius 3 is 2.58 bits per heavy atom. The number of nitrogens with zero attached hydrogens (tertiary/aromatic N) is 2. The molecule has 5 heteroatoms. The average Bonchev–Trinajstić information content (AvgIpc) is 2.58. The van der Waals surface area contributed by atoms with E-state index in [0.29, 0.717) is 12.0 Å². The standard InChI is InChI=1S/C14H30N4.HI/c1-11(2)10-18-8-6-7-12(18)9-16-13(15)17-14(3,4)5;/h11-12H,6-10H2,1-5H3,(H3,15,16,17);1H/t12-;/m1./s1. The molecule has 0 aliphatic carbocycles. The molecular formula is C14H31IN4. The van der Waals surface area contributed by atoms with E-state index in [0.717, 1.165) is 12.5 Å². The van der Waals surface area contributed by atoms with Gasteiger partial charge in [0.2, 0.25) is 0 Å². The summed E-state index contributed by atoms with van der Waals surface area (Å²) < 4.78 is 0. The van der Waals surface area contributed by atoms with Crippen LogP contribution in [0.5, 0.6) is 0 Å². The van der Waals surface area contributed by atoms with E-state index in [1.807, 2.05) is 0 Å². The first-order valence-corrected chi connectivity index (χ1v) is 7.10. The SMILES string of the molecule is CC(C)CN1CCC[C@@H]1CN=C(N)NC(C)(C)C.I. The third kappa shape index (κ3) is 7.97. The summed E-state index contributed by atoms with van der Waals surface area (Å²) in [6.07, 6.45) is 2.54. The molecule has 0 saturated carbocycles. The van der Waals surface area contributed by atoms with Gasteiger partial charge in [-0.05, 0) is 46.1 Å². The minimum absolute atomic E-state index is 0. The average molecular weight is 382 g/mol. The van der Waals surface area contributed by atoms with Gasteiger partial charge in [-0.25, -0.2) is 0 Å². The van der Waals surface area contributed by atoms with E-state index in [1.54, 1.807) is 0 Å². The van der Waals surface area contributed by atoms with Crippen molar-refractivity contribution in [3.63, 3.8) is 0 Å². The fourth-order valence-corrected chi connectivity index (χ4v) is 2.44. The predicted molar refractivity (Wildman–Crippen MR) is 94.2 cm³/mol. The highest BCUT2D eigenvalue weighted by molar-refractivity contribution is 14.0. The zero-order valence-corrected chi connectivity index (χ0v) is 15.4. The van der Waals surface area contributed by atoms with Crippen molar-refractivity contribution in [2.45, 2.75) is 59.0 Å². The molecule has 0 unspecified atom stereocenters. The molecule has 0 radical (unpaired) electrons. The fraction of sp³-hybridized carbons (Fsp3) is 0.929. The van der Waals surface area contributed by atoms with Crippen molar-refractivity contribution in [3.05, 3.63) is 0 Å². The summed E-state index contributed by atoms with van der Waals surface area (Å²) in [7, 11) is 0. The Morgan fingerprint density at radius 2 is 2.05 bits per heavy atom. The van der Waals surface area contributed by atoms with Gasteiger partial charge < -0.3 is 11.1 Å². The molecule has 1 saturated heterocycles. The first-order valence-electron chi connectivity index (χ1n) is 7.10. The molecular weight excluding hydrogens is 351 g/mol. The molecule has 0 aromatic carbocycles. The topological polar surface area (TPSA) is 53.6 Å². The Kier molecular flexibility index (Phi) is 8.27. The van der Waals surface area contributed by atoms with Crippen LogP contribution in [0.1, 0.15) is 47.5 Å². The van der Waals surface area contributed by atoms with Crippen molar-refractivity contribution in [2.75, 3.05) is 19.6 Å². The first-order chi connectivity index (χ1) is 8.28. The van der Waals surface area contributed by atoms with Crippen LogP contribution < -0.4 is 11.1 Å². The lowest BCUT2D eigenvalue weighted by Crippen LogP contribution is -2.45. The summed E-state index contributed by atoms with van der Waals surface area (Å²) in [4.78, 5) is 7.04. The Hall–Kier alpha value is -0.0400. The second-order valence-corrected chi connectivity index (χ2v) is 6.79. The smallest absolute Gasteiger partial charge is 0.189 e. The highest BCUT2D eigenvalue weighted by Crippen LogP contribution is 2.18. The van der Waals surface area contributed by atoms with Crippen molar-refractivity contribution in [1.82, 2.24) is 10.2 Å². The molecule has 0 aromatic rings. The van der Waals surface area contributed by atoms with Gasteiger partial charge in [-0.1, -0.05) is 13.8 Å². The lowest BCUT2D eigenvalue weighted by molar-refractivity contribution is 0.231. The van der Waals surface area contributed by atoms with E-state index in [4.69, 9.17) is 5.73 Å². The zero-order valence-electron chi connectivity index (χ0n) is 13.1. The third-order valence-corrected chi connectivity index (χ3v) is 3.07. The minimum Gasteiger partial charge on any atom is -0.370 e. The van der Waals surface area contributed by atoms with E-state index < -0.39 is 0 Å². The van der Waals surface area contributed by atoms with Crippen LogP contribution in [0, 0.1) is 5.92 Å². The van der Waals surface area contributed by atoms with Crippen molar-refractivity contribution < 1.29 is 0 Å². The second-order valence-electron chi connectivity index (χ2n) is 6.79. The zero-order chi connectivity index (χ0) is 13.8. The van der Waals surface area contributed by atoms with Crippen LogP contribution in [0.2, 0.25) is 0 Å². The molecule has 4 nitrogen and oxygen atoms in total. The molecule has 3 N–H and O–H groups in total. The summed E-state index contributed by atoms with van der Waals surface area (Å²) in [5.74, 6) is 1.29. The summed E-state index contributed by atoms with van der Waals surface area (Å²) in [5.41, 5.74) is 5.89. The number of halogens is 1. The van der Waals surface area contributed by atoms with Gasteiger partial charge in [-0.15, -0.1) is 24.0 Å². The molecule has 1 rings (SSSR count). The van der Waals surface area contributed by atoms with Crippen LogP contribution in [0.4, 0.5) is 0 Å². The van der Waals surface area contributed by atoms with E-state index in [1.165, 1.54) is 25.9 Å². The van der Waals surface area contributed by atoms with Gasteiger partial charge in [0.05, 0.1) is 6.54 Å². The van der Waals surface area contributed by atoms with Gasteiger partial charge in [-0.2, -0.15) is 0 Å². The molecule has 0 spiro atoms. The Balaban J connectivity index is 0.00000324. The lowest BCUT2D eigenvalue weighted by Gasteiger charge is -2.25. The van der Waals surface area contributed by atoms with Gasteiger partial charge in [0.15, 0.2) is 5.96 Å². The quantitative estimate of drug-likeness (QED) is 0.446. The Labute approximate surface area is 135 Å². The monoisotopic (exact) mass is 382 g/mol. The lowest BCUT2D eigenvalue weighted by atomic mass is 10.1. The Bertz CT molecular complexity index is 284. The summed E-state index contributed by atoms with van der Waals surface area (Å²) >= 11 is 0. The number of nitrogens with one attached hydrogen (secondary N) is 1. The van der Waals surface area contributed by atoms with Crippen molar-refractivity contribution >= 4 is 29.9 Å². The van der Waals surface area contributed by atoms with Crippen LogP contribution in [-0.2, 0) is 0 Å². The van der Waals surface area contributed by atoms with Crippen molar-refractivity contribution in [1.29, 1.82) is 0 Å². The van der Waals surface area contributed by atoms with Crippen LogP contribution in [0.3, 0.4) is 0 Å². The molecule has 1 aliphatic rings. The normalized spacial score (nSPS) is 21.6. The highest BCUT2D eigenvalue weighted by atomic mass is 127. The van der Waals surface area contributed by atoms with Gasteiger partial charge in [0.25, 0.3) is 0 Å². The van der Waals surface area contributed by atoms with Crippen LogP contribution in [0.25, 0.3) is 0 Å². The number of nitrogens with two attached hydrogens (primary N) is 1. The second kappa shape index (κ2) is 8.29. The molecule has 1 heterocycles. The van der Waals surface area contributed by atoms with Crippen molar-refractivity contribution in [3.8, 4) is 0 Å². The van der Waals surface area contributed by atoms with Gasteiger partial charge in [-0.3, -0.25) is 9.89 Å². The molecule has 1 atom stereocenters. The number of aliphatic imine (C=N–C) groups is 1. The number of guanidine groups is 1. The van der Waals surface area contributed by atoms with E-state index in [2.05, 4.69) is 49.8 Å². The third-order valence-electron chi connectivity index (χ3n) is 3.07. The summed E-state index contributed by atoms with van der Waals surface area (Å²) in [5, 5.41) is 3.21. The highest BCUT2D eigenvalue weighted by Gasteiger charge is 2.24. The molecule has 0 amide bonds. The number of likely N-dealkylation sites (tertiary alicyclic amines) is 1. The molecule has 19 heavy (non-hydrogen) atoms. The Morgan fingerprint density at radius 1 is 1.42 bits per heavy atom. The maximum absolute atomic E-state index is 5.91. The van der Waals surface area contributed by atoms with Crippen LogP contribution in [0.15, 0.2) is 4.99 Å². The van der Waals surface area contributed by atoms with Gasteiger partial charge >= 0.3 is 0 Å². The van der Waals surface area contributed by atoms with E-state index >= 15 is 0 Å². The van der Waals surface area contributed by atoms with Gasteiger partial charge in [0.1, 0.15) is 0 Å². The number of hydrogen-bond acceptors (Lipinski definition) is 2. The van der Waals surface area contributed by atoms with E-state index in [9.17, 15) is 0 Å². The molecule has 1 aliphatic heterocycles. The fourth-order valence-electron chi connectivity index (χ4n) is 2.44. The maximum Gasteiger partial charge on any atom is 0.189 e. The van der Waals surface area contributed by atoms with E-state index in [-0.39, 0.29) is 29.5 Å². The summed E-state index contributed by atoms with van der Waals surface area (Å²) in [6.45, 7) is 14.0. The molecule has 1 fully saturated rings. The molecule has 0 bridgehead atoms. The van der Waals surface area contributed by atoms with Crippen LogP contribution in [-0.4, -0.2) is 42.1 Å². The first kappa shape index (κ1) is 19.0.